The average Bonchev–Trinajstić information content (AvgIpc) is 3.12. The third kappa shape index (κ3) is 16.9. The number of hydrogen-bond donors (Lipinski definition) is 4. The van der Waals surface area contributed by atoms with Crippen molar-refractivity contribution < 1.29 is 59.2 Å². The number of hydrogen-bond acceptors (Lipinski definition) is 14. The molecular weight excluding hydrogens is 560 g/mol. The summed E-state index contributed by atoms with van der Waals surface area (Å²) >= 11 is 3.43. The Morgan fingerprint density at radius 1 is 1.31 bits per heavy atom. The maximum atomic E-state index is 10.4. The van der Waals surface area contributed by atoms with Crippen LogP contribution in [-0.2, 0) is 46.2 Å². The van der Waals surface area contributed by atoms with Gasteiger partial charge in [0.15, 0.2) is 5.82 Å². The average molecular weight is 587 g/mol. The van der Waals surface area contributed by atoms with Crippen molar-refractivity contribution in [1.82, 2.24) is 20.5 Å². The minimum atomic E-state index is -2.91. The first-order chi connectivity index (χ1) is 15.8. The summed E-state index contributed by atoms with van der Waals surface area (Å²) in [6.45, 7) is 1.54. The number of thioether (sulfide) groups is 1. The molecule has 0 bridgehead atoms. The molecular formula is C18H27N5O9S2Zn. The van der Waals surface area contributed by atoms with E-state index in [1.54, 1.807) is 30.1 Å². The van der Waals surface area contributed by atoms with E-state index in [9.17, 15) is 34.7 Å². The van der Waals surface area contributed by atoms with E-state index in [4.69, 9.17) is 10.2 Å². The number of carboxylic acids is 3. The molecule has 1 atom stereocenters. The van der Waals surface area contributed by atoms with Crippen molar-refractivity contribution in [2.45, 2.75) is 30.7 Å². The Morgan fingerprint density at radius 3 is 2.40 bits per heavy atom. The van der Waals surface area contributed by atoms with Gasteiger partial charge in [-0.2, -0.15) is 11.8 Å². The zero-order valence-electron chi connectivity index (χ0n) is 19.5. The molecule has 1 unspecified atom stereocenters. The second kappa shape index (κ2) is 18.0. The monoisotopic (exact) mass is 585 g/mol. The summed E-state index contributed by atoms with van der Waals surface area (Å²) in [6, 6.07) is 0. The molecule has 0 aliphatic heterocycles. The molecule has 35 heavy (non-hydrogen) atoms. The molecule has 0 aromatic carbocycles. The summed E-state index contributed by atoms with van der Waals surface area (Å²) in [5.74, 6) is -3.53. The predicted molar refractivity (Wildman–Crippen MR) is 120 cm³/mol. The summed E-state index contributed by atoms with van der Waals surface area (Å²) in [6.07, 6.45) is -1.64. The topological polar surface area (TPSA) is 221 Å². The number of aliphatic carboxylic acids is 3. The molecule has 17 heteroatoms. The second-order valence-corrected chi connectivity index (χ2v) is 9.01. The molecule has 0 aliphatic carbocycles. The first-order valence-corrected chi connectivity index (χ1v) is 11.6. The van der Waals surface area contributed by atoms with Crippen LogP contribution in [0, 0.1) is 10.1 Å². The third-order valence-electron chi connectivity index (χ3n) is 3.63. The number of nitro groups is 1. The number of carbonyl (C=O) groups excluding carboxylic acids is 2. The van der Waals surface area contributed by atoms with E-state index in [1.807, 2.05) is 14.1 Å². The summed E-state index contributed by atoms with van der Waals surface area (Å²) < 4.78 is 0. The largest absolute Gasteiger partial charge is 2.00 e. The van der Waals surface area contributed by atoms with Gasteiger partial charge in [-0.3, -0.25) is 14.9 Å². The van der Waals surface area contributed by atoms with Crippen molar-refractivity contribution in [3.8, 4) is 0 Å². The summed E-state index contributed by atoms with van der Waals surface area (Å²) in [5, 5.41) is 56.5. The van der Waals surface area contributed by atoms with Crippen molar-refractivity contribution in [2.24, 2.45) is 0 Å². The maximum Gasteiger partial charge on any atom is 2.00 e. The Balaban J connectivity index is 0. The van der Waals surface area contributed by atoms with E-state index in [0.717, 1.165) is 35.0 Å². The van der Waals surface area contributed by atoms with Gasteiger partial charge in [0.2, 0.25) is 0 Å². The normalized spacial score (nSPS) is 12.4. The molecule has 0 saturated heterocycles. The van der Waals surface area contributed by atoms with E-state index in [-0.39, 0.29) is 19.5 Å². The molecule has 192 valence electrons. The van der Waals surface area contributed by atoms with Gasteiger partial charge in [-0.15, -0.1) is 11.3 Å². The van der Waals surface area contributed by atoms with Crippen LogP contribution in [0.15, 0.2) is 17.4 Å². The predicted octanol–water partition coefficient (Wildman–Crippen LogP) is -2.60. The fourth-order valence-electron chi connectivity index (χ4n) is 2.19. The Morgan fingerprint density at radius 2 is 1.94 bits per heavy atom. The van der Waals surface area contributed by atoms with E-state index >= 15 is 0 Å². The second-order valence-electron chi connectivity index (χ2n) is 6.97. The van der Waals surface area contributed by atoms with Crippen LogP contribution in [0.25, 0.3) is 0 Å². The molecule has 1 aromatic heterocycles. The molecule has 0 fully saturated rings. The van der Waals surface area contributed by atoms with Gasteiger partial charge in [0, 0.05) is 49.4 Å². The van der Waals surface area contributed by atoms with Gasteiger partial charge in [0.25, 0.3) is 6.20 Å². The first-order valence-electron chi connectivity index (χ1n) is 9.57. The van der Waals surface area contributed by atoms with Crippen LogP contribution in [0.1, 0.15) is 23.5 Å². The summed E-state index contributed by atoms with van der Waals surface area (Å²) in [5.41, 5.74) is -1.82. The van der Waals surface area contributed by atoms with Crippen molar-refractivity contribution >= 4 is 41.0 Å². The minimum absolute atomic E-state index is 0. The van der Waals surface area contributed by atoms with Crippen molar-refractivity contribution in [3.63, 3.8) is 0 Å². The molecule has 1 rings (SSSR count). The standard InChI is InChI=1S/C12H21N5O2S2.C6H8O7.Zn/c1-13-11(6-17(18)19)14-4-5-20-8-10-9-21-12(15-10)7-16(2)3;7-3(8)1-6(13,5(11)12)2-4(9)10;/h6,9,13-14H,4-5,7-8H2,1-3H3;13H,1-2H2,(H,7,8)(H,9,10)(H,11,12);/q;;+2/p-2/b11-6+;;. The number of aromatic nitrogens is 1. The molecule has 0 aliphatic rings. The van der Waals surface area contributed by atoms with Gasteiger partial charge in [0.1, 0.15) is 10.6 Å². The number of nitrogens with zero attached hydrogens (tertiary/aromatic N) is 3. The van der Waals surface area contributed by atoms with Crippen LogP contribution >= 0.6 is 23.1 Å². The number of nitrogens with one attached hydrogen (secondary N) is 2. The van der Waals surface area contributed by atoms with Crippen molar-refractivity contribution in [1.29, 1.82) is 0 Å². The van der Waals surface area contributed by atoms with Crippen LogP contribution in [0.3, 0.4) is 0 Å². The van der Waals surface area contributed by atoms with Crippen LogP contribution in [0.2, 0.25) is 0 Å². The fourth-order valence-corrected chi connectivity index (χ4v) is 3.96. The number of carboxylic acid groups (broad SMARTS) is 3. The smallest absolute Gasteiger partial charge is 0.550 e. The van der Waals surface area contributed by atoms with E-state index < -0.39 is 41.3 Å². The van der Waals surface area contributed by atoms with Gasteiger partial charge in [-0.25, -0.2) is 4.98 Å². The zero-order valence-corrected chi connectivity index (χ0v) is 24.1. The Kier molecular flexibility index (Phi) is 17.9. The molecule has 1 aromatic rings. The molecule has 0 amide bonds. The summed E-state index contributed by atoms with van der Waals surface area (Å²) in [4.78, 5) is 46.7. The molecule has 0 spiro atoms. The molecule has 0 radical (unpaired) electrons. The number of aliphatic hydroxyl groups is 1. The van der Waals surface area contributed by atoms with Gasteiger partial charge in [0.05, 0.1) is 23.0 Å². The van der Waals surface area contributed by atoms with Crippen molar-refractivity contribution in [3.05, 3.63) is 38.2 Å². The van der Waals surface area contributed by atoms with Crippen LogP contribution in [-0.4, -0.2) is 82.0 Å². The van der Waals surface area contributed by atoms with E-state index in [1.165, 1.54) is 0 Å². The van der Waals surface area contributed by atoms with Gasteiger partial charge >= 0.3 is 25.4 Å². The third-order valence-corrected chi connectivity index (χ3v) is 5.50. The fraction of sp³-hybridized carbons (Fsp3) is 0.556. The quantitative estimate of drug-likeness (QED) is 0.0716. The van der Waals surface area contributed by atoms with E-state index in [2.05, 4.69) is 25.9 Å². The summed E-state index contributed by atoms with van der Waals surface area (Å²) in [7, 11) is 5.70. The molecule has 1 heterocycles. The maximum absolute atomic E-state index is 10.4. The molecule has 14 nitrogen and oxygen atoms in total. The van der Waals surface area contributed by atoms with Gasteiger partial charge in [-0.1, -0.05) is 0 Å². The van der Waals surface area contributed by atoms with Gasteiger partial charge in [-0.05, 0) is 14.1 Å². The van der Waals surface area contributed by atoms with E-state index in [0.29, 0.717) is 12.4 Å². The Bertz CT molecular complexity index is 851. The van der Waals surface area contributed by atoms with Crippen LogP contribution in [0.5, 0.6) is 0 Å². The zero-order chi connectivity index (χ0) is 26.3. The number of thiazole rings is 1. The Labute approximate surface area is 222 Å². The number of carbonyl (C=O) groups is 3. The molecule has 0 saturated carbocycles. The minimum Gasteiger partial charge on any atom is -0.550 e. The number of rotatable bonds is 15. The van der Waals surface area contributed by atoms with Crippen LogP contribution in [0.4, 0.5) is 0 Å². The van der Waals surface area contributed by atoms with Crippen LogP contribution < -0.4 is 20.8 Å². The first kappa shape index (κ1) is 34.8. The molecule has 4 N–H and O–H groups in total. The SMILES string of the molecule is CN/C(=C\[N+](=O)[O-])NCCSCc1csc(CN(C)C)n1.O=C([O-])CC(O)(CC(=O)O)C(=O)[O-].[Zn+2]. The Hall–Kier alpha value is -2.33. The van der Waals surface area contributed by atoms with Gasteiger partial charge < -0.3 is 45.5 Å². The van der Waals surface area contributed by atoms with Crippen molar-refractivity contribution in [2.75, 3.05) is 33.4 Å².